The number of halogens is 2. The van der Waals surface area contributed by atoms with Crippen LogP contribution in [0.2, 0.25) is 0 Å². The Labute approximate surface area is 162 Å². The molecule has 1 amide bonds. The first-order valence-electron chi connectivity index (χ1n) is 8.17. The molecule has 25 heavy (non-hydrogen) atoms. The number of nitrogens with one attached hydrogen (secondary N) is 1. The summed E-state index contributed by atoms with van der Waals surface area (Å²) in [5.74, 6) is -0.901. The molecule has 4 nitrogen and oxygen atoms in total. The maximum Gasteiger partial charge on any atom is 0.300 e. The van der Waals surface area contributed by atoms with Crippen LogP contribution in [0.3, 0.4) is 0 Å². The van der Waals surface area contributed by atoms with Crippen molar-refractivity contribution in [3.63, 3.8) is 0 Å². The second-order valence-corrected chi connectivity index (χ2v) is 8.33. The predicted molar refractivity (Wildman–Crippen MR) is 104 cm³/mol. The summed E-state index contributed by atoms with van der Waals surface area (Å²) < 4.78 is 1.90. The number of nitrogens with zero attached hydrogens (tertiary/aromatic N) is 1. The highest BCUT2D eigenvalue weighted by Gasteiger charge is 2.41. The molecule has 2 aromatic carbocycles. The summed E-state index contributed by atoms with van der Waals surface area (Å²) in [6, 6.07) is 13.6. The fourth-order valence-corrected chi connectivity index (χ4v) is 4.13. The van der Waals surface area contributed by atoms with Gasteiger partial charge < -0.3 is 0 Å². The Bertz CT molecular complexity index is 860. The van der Waals surface area contributed by atoms with Gasteiger partial charge in [-0.05, 0) is 55.2 Å². The van der Waals surface area contributed by atoms with Crippen LogP contribution in [0.1, 0.15) is 35.2 Å². The van der Waals surface area contributed by atoms with E-state index >= 15 is 0 Å². The zero-order chi connectivity index (χ0) is 17.6. The molecule has 128 valence electrons. The van der Waals surface area contributed by atoms with Gasteiger partial charge in [0.25, 0.3) is 5.78 Å². The minimum absolute atomic E-state index is 0.126. The maximum absolute atomic E-state index is 12.4. The van der Waals surface area contributed by atoms with Crippen molar-refractivity contribution in [2.45, 2.75) is 24.8 Å². The lowest BCUT2D eigenvalue weighted by molar-refractivity contribution is -0.114. The quantitative estimate of drug-likeness (QED) is 0.685. The smallest absolute Gasteiger partial charge is 0.291 e. The molecule has 0 atom stereocenters. The monoisotopic (exact) mass is 462 g/mol. The minimum Gasteiger partial charge on any atom is -0.291 e. The average molecular weight is 464 g/mol. The third kappa shape index (κ3) is 2.86. The van der Waals surface area contributed by atoms with Gasteiger partial charge in [0.1, 0.15) is 0 Å². The van der Waals surface area contributed by atoms with Crippen LogP contribution < -0.4 is 10.2 Å². The van der Waals surface area contributed by atoms with Crippen LogP contribution in [0.5, 0.6) is 0 Å². The van der Waals surface area contributed by atoms with Crippen molar-refractivity contribution < 1.29 is 9.59 Å². The Morgan fingerprint density at radius 2 is 1.68 bits per heavy atom. The van der Waals surface area contributed by atoms with E-state index in [0.29, 0.717) is 17.9 Å². The van der Waals surface area contributed by atoms with Crippen molar-refractivity contribution in [1.82, 2.24) is 5.32 Å². The number of fused-ring (bicyclic) bond motifs is 1. The van der Waals surface area contributed by atoms with Crippen LogP contribution in [0, 0.1) is 0 Å². The van der Waals surface area contributed by atoms with E-state index in [2.05, 4.69) is 49.3 Å². The van der Waals surface area contributed by atoms with E-state index in [4.69, 9.17) is 0 Å². The lowest BCUT2D eigenvalue weighted by Crippen LogP contribution is -2.53. The zero-order valence-electron chi connectivity index (χ0n) is 13.4. The second-order valence-electron chi connectivity index (χ2n) is 6.50. The van der Waals surface area contributed by atoms with E-state index in [1.54, 1.807) is 17.0 Å². The van der Waals surface area contributed by atoms with E-state index in [9.17, 15) is 9.59 Å². The number of rotatable bonds is 4. The van der Waals surface area contributed by atoms with E-state index in [1.807, 2.05) is 18.2 Å². The van der Waals surface area contributed by atoms with E-state index in [-0.39, 0.29) is 5.54 Å². The first-order chi connectivity index (χ1) is 12.0. The molecule has 1 heterocycles. The Morgan fingerprint density at radius 1 is 1.00 bits per heavy atom. The summed E-state index contributed by atoms with van der Waals surface area (Å²) in [5.41, 5.74) is 2.23. The average Bonchev–Trinajstić information content (AvgIpc) is 2.79. The molecule has 1 saturated carbocycles. The van der Waals surface area contributed by atoms with Crippen molar-refractivity contribution >= 4 is 49.2 Å². The van der Waals surface area contributed by atoms with Crippen molar-refractivity contribution in [3.05, 3.63) is 62.5 Å². The van der Waals surface area contributed by atoms with Gasteiger partial charge in [-0.25, -0.2) is 0 Å². The fraction of sp³-hybridized carbons (Fsp3) is 0.263. The highest BCUT2D eigenvalue weighted by Crippen LogP contribution is 2.42. The molecule has 1 fully saturated rings. The molecule has 0 radical (unpaired) electrons. The van der Waals surface area contributed by atoms with Gasteiger partial charge in [0, 0.05) is 14.5 Å². The third-order valence-electron chi connectivity index (χ3n) is 5.11. The van der Waals surface area contributed by atoms with Gasteiger partial charge >= 0.3 is 5.91 Å². The predicted octanol–water partition coefficient (Wildman–Crippen LogP) is 4.37. The van der Waals surface area contributed by atoms with Gasteiger partial charge in [-0.2, -0.15) is 0 Å². The standard InChI is InChI=1S/C19H16Br2N2O2/c20-13-4-2-12(3-5-13)19(8-1-9-19)22-11-23-16-10-14(21)6-7-15(16)17(24)18(23)25/h2-7,10,22H,1,8-9,11H2. The van der Waals surface area contributed by atoms with Crippen molar-refractivity contribution in [3.8, 4) is 0 Å². The largest absolute Gasteiger partial charge is 0.300 e. The molecule has 1 aliphatic carbocycles. The van der Waals surface area contributed by atoms with Gasteiger partial charge in [0.15, 0.2) is 0 Å². The van der Waals surface area contributed by atoms with Crippen molar-refractivity contribution in [1.29, 1.82) is 0 Å². The topological polar surface area (TPSA) is 49.4 Å². The van der Waals surface area contributed by atoms with E-state index < -0.39 is 11.7 Å². The molecule has 2 aromatic rings. The number of ketones is 1. The number of amides is 1. The summed E-state index contributed by atoms with van der Waals surface area (Å²) >= 11 is 6.89. The van der Waals surface area contributed by atoms with Crippen molar-refractivity contribution in [2.24, 2.45) is 0 Å². The summed E-state index contributed by atoms with van der Waals surface area (Å²) in [6.45, 7) is 0.324. The fourth-order valence-electron chi connectivity index (χ4n) is 3.52. The SMILES string of the molecule is O=C1C(=O)N(CNC2(c3ccc(Br)cc3)CCC2)c2cc(Br)ccc21. The Morgan fingerprint density at radius 3 is 2.32 bits per heavy atom. The highest BCUT2D eigenvalue weighted by atomic mass is 79.9. The summed E-state index contributed by atoms with van der Waals surface area (Å²) in [4.78, 5) is 26.1. The molecular formula is C19H16Br2N2O2. The Balaban J connectivity index is 1.58. The normalized spacial score (nSPS) is 18.2. The molecule has 0 aromatic heterocycles. The number of anilines is 1. The third-order valence-corrected chi connectivity index (χ3v) is 6.14. The second kappa shape index (κ2) is 6.34. The first kappa shape index (κ1) is 16.9. The number of carbonyl (C=O) groups excluding carboxylic acids is 2. The van der Waals surface area contributed by atoms with Gasteiger partial charge in [-0.1, -0.05) is 44.0 Å². The number of benzene rings is 2. The molecule has 6 heteroatoms. The Kier molecular flexibility index (Phi) is 4.30. The first-order valence-corrected chi connectivity index (χ1v) is 9.76. The summed E-state index contributed by atoms with van der Waals surface area (Å²) in [5, 5.41) is 3.54. The number of Topliss-reactive ketones (excluding diaryl/α,β-unsaturated/α-hetero) is 1. The summed E-state index contributed by atoms with van der Waals surface area (Å²) in [7, 11) is 0. The van der Waals surface area contributed by atoms with Gasteiger partial charge in [-0.3, -0.25) is 19.8 Å². The zero-order valence-corrected chi connectivity index (χ0v) is 16.6. The maximum atomic E-state index is 12.4. The molecule has 0 spiro atoms. The molecule has 1 N–H and O–H groups in total. The van der Waals surface area contributed by atoms with Crippen LogP contribution in [0.15, 0.2) is 51.4 Å². The number of hydrogen-bond acceptors (Lipinski definition) is 3. The lowest BCUT2D eigenvalue weighted by atomic mass is 9.72. The van der Waals surface area contributed by atoms with E-state index in [0.717, 1.165) is 28.2 Å². The van der Waals surface area contributed by atoms with Gasteiger partial charge in [0.05, 0.1) is 17.9 Å². The number of carbonyl (C=O) groups is 2. The molecule has 1 aliphatic heterocycles. The minimum atomic E-state index is -0.467. The Hall–Kier alpha value is -1.50. The molecule has 0 unspecified atom stereocenters. The molecular weight excluding hydrogens is 448 g/mol. The van der Waals surface area contributed by atoms with Gasteiger partial charge in [-0.15, -0.1) is 0 Å². The molecule has 2 aliphatic rings. The van der Waals surface area contributed by atoms with Crippen LogP contribution in [-0.4, -0.2) is 18.4 Å². The van der Waals surface area contributed by atoms with Crippen LogP contribution >= 0.6 is 31.9 Å². The van der Waals surface area contributed by atoms with Crippen LogP contribution in [-0.2, 0) is 10.3 Å². The number of hydrogen-bond donors (Lipinski definition) is 1. The van der Waals surface area contributed by atoms with Crippen molar-refractivity contribution in [2.75, 3.05) is 11.6 Å². The van der Waals surface area contributed by atoms with Gasteiger partial charge in [0.2, 0.25) is 0 Å². The van der Waals surface area contributed by atoms with E-state index in [1.165, 1.54) is 5.56 Å². The lowest BCUT2D eigenvalue weighted by Gasteiger charge is -2.44. The molecule has 4 rings (SSSR count). The van der Waals surface area contributed by atoms with Crippen LogP contribution in [0.4, 0.5) is 5.69 Å². The molecule has 0 saturated heterocycles. The highest BCUT2D eigenvalue weighted by molar-refractivity contribution is 9.10. The van der Waals surface area contributed by atoms with Crippen LogP contribution in [0.25, 0.3) is 0 Å². The summed E-state index contributed by atoms with van der Waals surface area (Å²) in [6.07, 6.45) is 3.20. The molecule has 0 bridgehead atoms.